The Bertz CT molecular complexity index is 597. The molecular formula is C14H14N2O2S. The summed E-state index contributed by atoms with van der Waals surface area (Å²) in [6.45, 7) is 1.88. The molecule has 0 atom stereocenters. The Morgan fingerprint density at radius 3 is 2.32 bits per heavy atom. The highest BCUT2D eigenvalue weighted by Gasteiger charge is 2.09. The van der Waals surface area contributed by atoms with Crippen molar-refractivity contribution in [3.05, 3.63) is 47.7 Å². The van der Waals surface area contributed by atoms with E-state index in [0.717, 1.165) is 11.4 Å². The Kier molecular flexibility index (Phi) is 3.97. The summed E-state index contributed by atoms with van der Waals surface area (Å²) < 4.78 is 10.8. The zero-order valence-corrected chi connectivity index (χ0v) is 11.5. The van der Waals surface area contributed by atoms with Crippen molar-refractivity contribution in [3.8, 4) is 17.4 Å². The van der Waals surface area contributed by atoms with Crippen molar-refractivity contribution >= 4 is 17.2 Å². The molecule has 0 fully saturated rings. The number of nitrogens with two attached hydrogens (primary N) is 1. The van der Waals surface area contributed by atoms with Gasteiger partial charge in [0.05, 0.1) is 12.7 Å². The van der Waals surface area contributed by atoms with Crippen molar-refractivity contribution in [3.63, 3.8) is 0 Å². The van der Waals surface area contributed by atoms with E-state index in [2.05, 4.69) is 4.98 Å². The maximum Gasteiger partial charge on any atom is 0.229 e. The zero-order valence-electron chi connectivity index (χ0n) is 10.7. The summed E-state index contributed by atoms with van der Waals surface area (Å²) in [5.74, 6) is 1.83. The minimum Gasteiger partial charge on any atom is -0.497 e. The molecule has 0 aliphatic carbocycles. The maximum atomic E-state index is 5.72. The van der Waals surface area contributed by atoms with Gasteiger partial charge in [-0.15, -0.1) is 0 Å². The van der Waals surface area contributed by atoms with Gasteiger partial charge in [0.15, 0.2) is 0 Å². The fourth-order valence-corrected chi connectivity index (χ4v) is 1.71. The van der Waals surface area contributed by atoms with Crippen LogP contribution in [-0.2, 0) is 0 Å². The van der Waals surface area contributed by atoms with Crippen molar-refractivity contribution < 1.29 is 9.47 Å². The Balaban J connectivity index is 2.31. The smallest absolute Gasteiger partial charge is 0.229 e. The summed E-state index contributed by atoms with van der Waals surface area (Å²) in [4.78, 5) is 4.57. The van der Waals surface area contributed by atoms with E-state index >= 15 is 0 Å². The van der Waals surface area contributed by atoms with Crippen LogP contribution in [0.3, 0.4) is 0 Å². The van der Waals surface area contributed by atoms with E-state index in [4.69, 9.17) is 27.4 Å². The van der Waals surface area contributed by atoms with Crippen molar-refractivity contribution in [1.82, 2.24) is 4.98 Å². The molecule has 0 radical (unpaired) electrons. The van der Waals surface area contributed by atoms with Gasteiger partial charge >= 0.3 is 0 Å². The maximum absolute atomic E-state index is 5.72. The molecule has 1 aromatic heterocycles. The van der Waals surface area contributed by atoms with Crippen LogP contribution < -0.4 is 15.2 Å². The molecule has 2 aromatic rings. The molecule has 2 N–H and O–H groups in total. The van der Waals surface area contributed by atoms with Crippen LogP contribution in [0.4, 0.5) is 0 Å². The molecule has 1 aromatic carbocycles. The number of aromatic nitrogens is 1. The van der Waals surface area contributed by atoms with Crippen molar-refractivity contribution in [2.45, 2.75) is 6.92 Å². The highest BCUT2D eigenvalue weighted by molar-refractivity contribution is 7.80. The van der Waals surface area contributed by atoms with Crippen LogP contribution in [0, 0.1) is 6.92 Å². The average molecular weight is 274 g/mol. The van der Waals surface area contributed by atoms with E-state index in [-0.39, 0.29) is 4.99 Å². The van der Waals surface area contributed by atoms with E-state index in [0.29, 0.717) is 17.2 Å². The number of benzene rings is 1. The number of rotatable bonds is 4. The molecule has 5 heteroatoms. The van der Waals surface area contributed by atoms with Gasteiger partial charge in [-0.1, -0.05) is 12.2 Å². The Morgan fingerprint density at radius 2 is 1.74 bits per heavy atom. The molecule has 19 heavy (non-hydrogen) atoms. The van der Waals surface area contributed by atoms with E-state index in [1.54, 1.807) is 19.2 Å². The van der Waals surface area contributed by atoms with Gasteiger partial charge in [-0.05, 0) is 43.3 Å². The number of nitrogens with zero attached hydrogens (tertiary/aromatic N) is 1. The van der Waals surface area contributed by atoms with Gasteiger partial charge in [0, 0.05) is 5.69 Å². The minimum atomic E-state index is 0.260. The number of ether oxygens (including phenoxy) is 2. The van der Waals surface area contributed by atoms with Crippen LogP contribution in [0.1, 0.15) is 11.3 Å². The quantitative estimate of drug-likeness (QED) is 0.869. The van der Waals surface area contributed by atoms with Gasteiger partial charge in [0.2, 0.25) is 5.88 Å². The normalized spacial score (nSPS) is 10.0. The number of hydrogen-bond acceptors (Lipinski definition) is 4. The molecule has 0 bridgehead atoms. The lowest BCUT2D eigenvalue weighted by atomic mass is 10.2. The van der Waals surface area contributed by atoms with Crippen LogP contribution in [0.25, 0.3) is 0 Å². The summed E-state index contributed by atoms with van der Waals surface area (Å²) >= 11 is 4.99. The Morgan fingerprint density at radius 1 is 1.11 bits per heavy atom. The van der Waals surface area contributed by atoms with Crippen molar-refractivity contribution in [1.29, 1.82) is 0 Å². The van der Waals surface area contributed by atoms with Crippen molar-refractivity contribution in [2.75, 3.05) is 7.11 Å². The number of pyridine rings is 1. The van der Waals surface area contributed by atoms with Crippen LogP contribution in [0.15, 0.2) is 36.4 Å². The van der Waals surface area contributed by atoms with E-state index < -0.39 is 0 Å². The zero-order chi connectivity index (χ0) is 13.8. The Labute approximate surface area is 117 Å². The summed E-state index contributed by atoms with van der Waals surface area (Å²) in [5.41, 5.74) is 7.11. The summed E-state index contributed by atoms with van der Waals surface area (Å²) in [6, 6.07) is 10.9. The monoisotopic (exact) mass is 274 g/mol. The number of thiocarbonyl (C=S) groups is 1. The lowest BCUT2D eigenvalue weighted by Crippen LogP contribution is -2.11. The third kappa shape index (κ3) is 3.20. The summed E-state index contributed by atoms with van der Waals surface area (Å²) in [7, 11) is 1.61. The minimum absolute atomic E-state index is 0.260. The van der Waals surface area contributed by atoms with Gasteiger partial charge < -0.3 is 15.2 Å². The molecule has 0 spiro atoms. The second-order valence-electron chi connectivity index (χ2n) is 3.95. The van der Waals surface area contributed by atoms with Crippen molar-refractivity contribution in [2.24, 2.45) is 5.73 Å². The second kappa shape index (κ2) is 5.67. The first kappa shape index (κ1) is 13.3. The van der Waals surface area contributed by atoms with Gasteiger partial charge in [-0.25, -0.2) is 4.98 Å². The van der Waals surface area contributed by atoms with E-state index in [1.165, 1.54) is 0 Å². The van der Waals surface area contributed by atoms with Crippen LogP contribution in [0.5, 0.6) is 17.4 Å². The lowest BCUT2D eigenvalue weighted by Gasteiger charge is -2.10. The molecular weight excluding hydrogens is 260 g/mol. The molecule has 2 rings (SSSR count). The Hall–Kier alpha value is -2.14. The van der Waals surface area contributed by atoms with Crippen LogP contribution in [-0.4, -0.2) is 17.1 Å². The predicted molar refractivity (Wildman–Crippen MR) is 77.9 cm³/mol. The first-order valence-electron chi connectivity index (χ1n) is 5.69. The van der Waals surface area contributed by atoms with Crippen LogP contribution in [0.2, 0.25) is 0 Å². The highest BCUT2D eigenvalue weighted by atomic mass is 32.1. The molecule has 98 valence electrons. The third-order valence-electron chi connectivity index (χ3n) is 2.54. The number of hydrogen-bond donors (Lipinski definition) is 1. The predicted octanol–water partition coefficient (Wildman–Crippen LogP) is 2.83. The molecule has 0 saturated carbocycles. The standard InChI is InChI=1S/C14H14N2O2S/c1-9-3-8-12(13(15)19)14(16-9)18-11-6-4-10(17-2)5-7-11/h3-8H,1-2H3,(H2,15,19). The largest absolute Gasteiger partial charge is 0.497 e. The SMILES string of the molecule is COc1ccc(Oc2nc(C)ccc2C(N)=S)cc1. The van der Waals surface area contributed by atoms with Gasteiger partial charge in [0.1, 0.15) is 16.5 Å². The van der Waals surface area contributed by atoms with E-state index in [9.17, 15) is 0 Å². The fourth-order valence-electron chi connectivity index (χ4n) is 1.55. The molecule has 4 nitrogen and oxygen atoms in total. The average Bonchev–Trinajstić information content (AvgIpc) is 2.39. The van der Waals surface area contributed by atoms with Gasteiger partial charge in [-0.3, -0.25) is 0 Å². The molecule has 0 unspecified atom stereocenters. The molecule has 1 heterocycles. The second-order valence-corrected chi connectivity index (χ2v) is 4.39. The lowest BCUT2D eigenvalue weighted by molar-refractivity contribution is 0.412. The fraction of sp³-hybridized carbons (Fsp3) is 0.143. The third-order valence-corrected chi connectivity index (χ3v) is 2.76. The van der Waals surface area contributed by atoms with E-state index in [1.807, 2.05) is 31.2 Å². The van der Waals surface area contributed by atoms with Gasteiger partial charge in [-0.2, -0.15) is 0 Å². The highest BCUT2D eigenvalue weighted by Crippen LogP contribution is 2.25. The van der Waals surface area contributed by atoms with Gasteiger partial charge in [0.25, 0.3) is 0 Å². The first-order chi connectivity index (χ1) is 9.10. The first-order valence-corrected chi connectivity index (χ1v) is 6.10. The topological polar surface area (TPSA) is 57.4 Å². The molecule has 0 amide bonds. The summed E-state index contributed by atoms with van der Waals surface area (Å²) in [5, 5.41) is 0. The molecule has 0 aliphatic heterocycles. The summed E-state index contributed by atoms with van der Waals surface area (Å²) in [6.07, 6.45) is 0. The number of aryl methyl sites for hydroxylation is 1. The molecule has 0 saturated heterocycles. The van der Waals surface area contributed by atoms with Crippen LogP contribution >= 0.6 is 12.2 Å². The molecule has 0 aliphatic rings. The number of methoxy groups -OCH3 is 1.